The second kappa shape index (κ2) is 3.45. The third-order valence-electron chi connectivity index (χ3n) is 1.95. The van der Waals surface area contributed by atoms with Crippen LogP contribution in [0.1, 0.15) is 17.4 Å². The van der Waals surface area contributed by atoms with Crippen molar-refractivity contribution in [1.29, 1.82) is 0 Å². The summed E-state index contributed by atoms with van der Waals surface area (Å²) in [6, 6.07) is 3.72. The van der Waals surface area contributed by atoms with Crippen molar-refractivity contribution in [3.63, 3.8) is 0 Å². The standard InChI is InChI=1S/C9H11N3O/c10-9(7-5-11-12-6-7)4-8-2-1-3-13-8/h1-3,5-6,9H,4,10H2,(H,11,12). The van der Waals surface area contributed by atoms with Crippen molar-refractivity contribution in [2.45, 2.75) is 12.5 Å². The van der Waals surface area contributed by atoms with E-state index in [0.717, 1.165) is 11.3 Å². The lowest BCUT2D eigenvalue weighted by Gasteiger charge is -2.05. The van der Waals surface area contributed by atoms with Crippen molar-refractivity contribution in [1.82, 2.24) is 10.2 Å². The van der Waals surface area contributed by atoms with Gasteiger partial charge < -0.3 is 10.2 Å². The van der Waals surface area contributed by atoms with E-state index in [1.54, 1.807) is 18.7 Å². The largest absolute Gasteiger partial charge is 0.469 e. The van der Waals surface area contributed by atoms with Crippen molar-refractivity contribution in [3.05, 3.63) is 42.1 Å². The SMILES string of the molecule is NC(Cc1ccco1)c1cn[nH]c1. The minimum atomic E-state index is -0.0510. The van der Waals surface area contributed by atoms with Crippen LogP contribution < -0.4 is 5.73 Å². The fourth-order valence-corrected chi connectivity index (χ4v) is 1.23. The third kappa shape index (κ3) is 1.78. The quantitative estimate of drug-likeness (QED) is 0.741. The Hall–Kier alpha value is -1.55. The molecule has 4 heteroatoms. The van der Waals surface area contributed by atoms with Crippen LogP contribution >= 0.6 is 0 Å². The van der Waals surface area contributed by atoms with Gasteiger partial charge in [-0.2, -0.15) is 5.10 Å². The van der Waals surface area contributed by atoms with E-state index >= 15 is 0 Å². The van der Waals surface area contributed by atoms with E-state index in [-0.39, 0.29) is 6.04 Å². The molecule has 68 valence electrons. The van der Waals surface area contributed by atoms with Gasteiger partial charge in [0.25, 0.3) is 0 Å². The van der Waals surface area contributed by atoms with Gasteiger partial charge in [-0.25, -0.2) is 0 Å². The summed E-state index contributed by atoms with van der Waals surface area (Å²) in [5.74, 6) is 0.897. The van der Waals surface area contributed by atoms with Gasteiger partial charge in [0.2, 0.25) is 0 Å². The molecule has 2 aromatic heterocycles. The average Bonchev–Trinajstić information content (AvgIpc) is 2.74. The molecule has 3 N–H and O–H groups in total. The molecule has 0 amide bonds. The highest BCUT2D eigenvalue weighted by Gasteiger charge is 2.09. The molecule has 13 heavy (non-hydrogen) atoms. The summed E-state index contributed by atoms with van der Waals surface area (Å²) < 4.78 is 5.19. The van der Waals surface area contributed by atoms with Crippen LogP contribution in [0, 0.1) is 0 Å². The Kier molecular flexibility index (Phi) is 2.14. The van der Waals surface area contributed by atoms with Gasteiger partial charge in [-0.05, 0) is 12.1 Å². The van der Waals surface area contributed by atoms with Gasteiger partial charge in [0.05, 0.1) is 12.5 Å². The zero-order valence-corrected chi connectivity index (χ0v) is 7.10. The molecule has 1 unspecified atom stereocenters. The van der Waals surface area contributed by atoms with E-state index in [9.17, 15) is 0 Å². The molecule has 0 spiro atoms. The molecular formula is C9H11N3O. The number of hydrogen-bond acceptors (Lipinski definition) is 3. The Balaban J connectivity index is 2.04. The van der Waals surface area contributed by atoms with Gasteiger partial charge in [0, 0.05) is 24.2 Å². The molecule has 2 heterocycles. The molecule has 0 fully saturated rings. The summed E-state index contributed by atoms with van der Waals surface area (Å²) in [5, 5.41) is 6.57. The summed E-state index contributed by atoms with van der Waals surface area (Å²) in [4.78, 5) is 0. The first kappa shape index (κ1) is 8.07. The van der Waals surface area contributed by atoms with Crippen molar-refractivity contribution >= 4 is 0 Å². The summed E-state index contributed by atoms with van der Waals surface area (Å²) in [7, 11) is 0. The fourth-order valence-electron chi connectivity index (χ4n) is 1.23. The fraction of sp³-hybridized carbons (Fsp3) is 0.222. The Labute approximate surface area is 75.7 Å². The van der Waals surface area contributed by atoms with Crippen LogP contribution in [0.3, 0.4) is 0 Å². The Morgan fingerprint density at radius 2 is 2.54 bits per heavy atom. The molecule has 0 aromatic carbocycles. The zero-order valence-electron chi connectivity index (χ0n) is 7.10. The molecule has 0 aliphatic rings. The van der Waals surface area contributed by atoms with E-state index in [4.69, 9.17) is 10.2 Å². The van der Waals surface area contributed by atoms with Crippen LogP contribution in [0.25, 0.3) is 0 Å². The van der Waals surface area contributed by atoms with Gasteiger partial charge in [-0.3, -0.25) is 5.10 Å². The van der Waals surface area contributed by atoms with Gasteiger partial charge in [-0.15, -0.1) is 0 Å². The first-order valence-corrected chi connectivity index (χ1v) is 4.13. The highest BCUT2D eigenvalue weighted by atomic mass is 16.3. The first-order chi connectivity index (χ1) is 6.36. The second-order valence-corrected chi connectivity index (χ2v) is 2.92. The van der Waals surface area contributed by atoms with E-state index in [1.807, 2.05) is 12.1 Å². The molecule has 1 atom stereocenters. The zero-order chi connectivity index (χ0) is 9.10. The smallest absolute Gasteiger partial charge is 0.105 e. The monoisotopic (exact) mass is 177 g/mol. The number of rotatable bonds is 3. The molecule has 0 radical (unpaired) electrons. The van der Waals surface area contributed by atoms with E-state index in [1.165, 1.54) is 0 Å². The molecule has 0 aliphatic carbocycles. The Morgan fingerprint density at radius 3 is 3.15 bits per heavy atom. The van der Waals surface area contributed by atoms with E-state index in [2.05, 4.69) is 10.2 Å². The topological polar surface area (TPSA) is 67.8 Å². The number of nitrogens with zero attached hydrogens (tertiary/aromatic N) is 1. The number of aromatic amines is 1. The van der Waals surface area contributed by atoms with Gasteiger partial charge >= 0.3 is 0 Å². The molecule has 2 rings (SSSR count). The summed E-state index contributed by atoms with van der Waals surface area (Å²) in [6.45, 7) is 0. The maximum Gasteiger partial charge on any atom is 0.105 e. The van der Waals surface area contributed by atoms with Crippen LogP contribution in [0.2, 0.25) is 0 Å². The van der Waals surface area contributed by atoms with Crippen LogP contribution in [0.4, 0.5) is 0 Å². The number of aromatic nitrogens is 2. The minimum Gasteiger partial charge on any atom is -0.469 e. The molecule has 0 bridgehead atoms. The van der Waals surface area contributed by atoms with Crippen molar-refractivity contribution in [2.75, 3.05) is 0 Å². The Bertz CT molecular complexity index is 339. The van der Waals surface area contributed by atoms with Gasteiger partial charge in [0.15, 0.2) is 0 Å². The molecule has 0 saturated carbocycles. The average molecular weight is 177 g/mol. The van der Waals surface area contributed by atoms with E-state index in [0.29, 0.717) is 6.42 Å². The lowest BCUT2D eigenvalue weighted by atomic mass is 10.1. The minimum absolute atomic E-state index is 0.0510. The highest BCUT2D eigenvalue weighted by molar-refractivity contribution is 5.12. The highest BCUT2D eigenvalue weighted by Crippen LogP contribution is 2.14. The molecule has 4 nitrogen and oxygen atoms in total. The number of nitrogens with two attached hydrogens (primary N) is 1. The number of nitrogens with one attached hydrogen (secondary N) is 1. The molecule has 0 aliphatic heterocycles. The van der Waals surface area contributed by atoms with Crippen LogP contribution in [0.15, 0.2) is 35.2 Å². The van der Waals surface area contributed by atoms with Crippen molar-refractivity contribution in [2.24, 2.45) is 5.73 Å². The predicted octanol–water partition coefficient (Wildman–Crippen LogP) is 1.25. The number of H-pyrrole nitrogens is 1. The van der Waals surface area contributed by atoms with Crippen LogP contribution in [0.5, 0.6) is 0 Å². The summed E-state index contributed by atoms with van der Waals surface area (Å²) >= 11 is 0. The number of furan rings is 1. The molecule has 0 saturated heterocycles. The predicted molar refractivity (Wildman–Crippen MR) is 47.9 cm³/mol. The maximum absolute atomic E-state index is 5.91. The molecule has 2 aromatic rings. The van der Waals surface area contributed by atoms with Crippen LogP contribution in [-0.2, 0) is 6.42 Å². The normalized spacial score (nSPS) is 13.0. The summed E-state index contributed by atoms with van der Waals surface area (Å²) in [6.07, 6.45) is 5.88. The number of hydrogen-bond donors (Lipinski definition) is 2. The Morgan fingerprint density at radius 1 is 1.62 bits per heavy atom. The molecular weight excluding hydrogens is 166 g/mol. The lowest BCUT2D eigenvalue weighted by molar-refractivity contribution is 0.488. The maximum atomic E-state index is 5.91. The van der Waals surface area contributed by atoms with Crippen molar-refractivity contribution in [3.8, 4) is 0 Å². The lowest BCUT2D eigenvalue weighted by Crippen LogP contribution is -2.11. The third-order valence-corrected chi connectivity index (χ3v) is 1.95. The first-order valence-electron chi connectivity index (χ1n) is 4.13. The van der Waals surface area contributed by atoms with Crippen LogP contribution in [-0.4, -0.2) is 10.2 Å². The summed E-state index contributed by atoms with van der Waals surface area (Å²) in [5.41, 5.74) is 6.91. The van der Waals surface area contributed by atoms with Gasteiger partial charge in [-0.1, -0.05) is 0 Å². The second-order valence-electron chi connectivity index (χ2n) is 2.92. The van der Waals surface area contributed by atoms with Crippen molar-refractivity contribution < 1.29 is 4.42 Å². The van der Waals surface area contributed by atoms with Gasteiger partial charge in [0.1, 0.15) is 5.76 Å². The van der Waals surface area contributed by atoms with E-state index < -0.39 is 0 Å².